The lowest BCUT2D eigenvalue weighted by molar-refractivity contribution is 0.124. The van der Waals surface area contributed by atoms with Crippen LogP contribution in [0.1, 0.15) is 50.0 Å². The van der Waals surface area contributed by atoms with Gasteiger partial charge in [0, 0.05) is 34.8 Å². The van der Waals surface area contributed by atoms with Crippen molar-refractivity contribution in [3.8, 4) is 17.0 Å². The lowest BCUT2D eigenvalue weighted by Gasteiger charge is -2.27. The molecule has 2 fully saturated rings. The molecule has 1 aromatic carbocycles. The molecular weight excluding hydrogens is 352 g/mol. The number of pyridine rings is 1. The Morgan fingerprint density at radius 1 is 1.00 bits per heavy atom. The first-order valence-corrected chi connectivity index (χ1v) is 10.1. The molecule has 28 heavy (non-hydrogen) atoms. The first-order valence-electron chi connectivity index (χ1n) is 10.1. The van der Waals surface area contributed by atoms with Crippen molar-refractivity contribution in [1.82, 2.24) is 15.2 Å². The molecule has 144 valence electrons. The number of rotatable bonds is 4. The number of phenolic OH excluding ortho intramolecular Hbond substituents is 1. The third-order valence-corrected chi connectivity index (χ3v) is 5.89. The third-order valence-electron chi connectivity index (χ3n) is 5.89. The summed E-state index contributed by atoms with van der Waals surface area (Å²) in [6, 6.07) is 7.97. The number of aliphatic hydroxyl groups is 1. The largest absolute Gasteiger partial charge is 0.507 e. The smallest absolute Gasteiger partial charge is 0.158 e. The van der Waals surface area contributed by atoms with Crippen molar-refractivity contribution in [2.75, 3.05) is 5.32 Å². The lowest BCUT2D eigenvalue weighted by Crippen LogP contribution is -2.30. The molecular formula is C22H24N4O2. The second kappa shape index (κ2) is 7.02. The minimum Gasteiger partial charge on any atom is -0.507 e. The van der Waals surface area contributed by atoms with Gasteiger partial charge in [0.15, 0.2) is 5.82 Å². The number of nitrogens with zero attached hydrogens (tertiary/aromatic N) is 3. The predicted molar refractivity (Wildman–Crippen MR) is 108 cm³/mol. The van der Waals surface area contributed by atoms with Crippen LogP contribution in [0.25, 0.3) is 22.0 Å². The van der Waals surface area contributed by atoms with Gasteiger partial charge in [0.2, 0.25) is 0 Å². The molecule has 0 radical (unpaired) electrons. The summed E-state index contributed by atoms with van der Waals surface area (Å²) < 4.78 is 0. The van der Waals surface area contributed by atoms with Gasteiger partial charge in [0.05, 0.1) is 6.10 Å². The van der Waals surface area contributed by atoms with E-state index >= 15 is 0 Å². The van der Waals surface area contributed by atoms with Crippen molar-refractivity contribution in [2.45, 2.75) is 56.6 Å². The third kappa shape index (κ3) is 3.29. The van der Waals surface area contributed by atoms with Crippen molar-refractivity contribution in [1.29, 1.82) is 0 Å². The number of benzene rings is 1. The second-order valence-corrected chi connectivity index (χ2v) is 8.03. The van der Waals surface area contributed by atoms with Gasteiger partial charge in [0.1, 0.15) is 11.4 Å². The molecule has 0 spiro atoms. The zero-order valence-electron chi connectivity index (χ0n) is 15.7. The van der Waals surface area contributed by atoms with Crippen molar-refractivity contribution in [3.05, 3.63) is 42.2 Å². The van der Waals surface area contributed by atoms with E-state index < -0.39 is 0 Å². The number of aromatic hydroxyl groups is 1. The quantitative estimate of drug-likeness (QED) is 0.638. The summed E-state index contributed by atoms with van der Waals surface area (Å²) >= 11 is 0. The number of aliphatic hydroxyl groups excluding tert-OH is 1. The Kier molecular flexibility index (Phi) is 4.36. The van der Waals surface area contributed by atoms with Crippen LogP contribution in [-0.2, 0) is 0 Å². The maximum atomic E-state index is 10.6. The molecule has 2 aliphatic rings. The summed E-state index contributed by atoms with van der Waals surface area (Å²) in [6.07, 6.45) is 9.24. The van der Waals surface area contributed by atoms with Gasteiger partial charge in [0.25, 0.3) is 0 Å². The van der Waals surface area contributed by atoms with Crippen LogP contribution in [0.2, 0.25) is 0 Å². The van der Waals surface area contributed by atoms with Crippen LogP contribution < -0.4 is 5.32 Å². The van der Waals surface area contributed by atoms with E-state index in [4.69, 9.17) is 0 Å². The van der Waals surface area contributed by atoms with Gasteiger partial charge in [-0.1, -0.05) is 6.07 Å². The SMILES string of the molecule is Oc1cc(C2CC2)ccc1-c1nnc(N[C@H]2CCC[C@@H](O)C2)c2cnccc12. The summed E-state index contributed by atoms with van der Waals surface area (Å²) in [5, 5.41) is 34.6. The van der Waals surface area contributed by atoms with E-state index in [0.29, 0.717) is 29.4 Å². The minimum atomic E-state index is -0.259. The molecule has 6 heteroatoms. The molecule has 2 saturated carbocycles. The monoisotopic (exact) mass is 376 g/mol. The Labute approximate surface area is 163 Å². The molecule has 2 atom stereocenters. The zero-order valence-corrected chi connectivity index (χ0v) is 15.7. The molecule has 0 aliphatic heterocycles. The van der Waals surface area contributed by atoms with E-state index in [1.807, 2.05) is 18.2 Å². The fraction of sp³-hybridized carbons (Fsp3) is 0.409. The lowest BCUT2D eigenvalue weighted by atomic mass is 9.93. The number of phenols is 1. The molecule has 0 bridgehead atoms. The van der Waals surface area contributed by atoms with Crippen LogP contribution in [0.4, 0.5) is 5.82 Å². The first kappa shape index (κ1) is 17.4. The van der Waals surface area contributed by atoms with E-state index in [1.165, 1.54) is 18.4 Å². The highest BCUT2D eigenvalue weighted by atomic mass is 16.3. The topological polar surface area (TPSA) is 91.2 Å². The molecule has 0 unspecified atom stereocenters. The first-order chi connectivity index (χ1) is 13.7. The summed E-state index contributed by atoms with van der Waals surface area (Å²) in [6.45, 7) is 0. The fourth-order valence-electron chi connectivity index (χ4n) is 4.21. The maximum Gasteiger partial charge on any atom is 0.158 e. The predicted octanol–water partition coefficient (Wildman–Crippen LogP) is 3.99. The van der Waals surface area contributed by atoms with Gasteiger partial charge in [-0.05, 0) is 68.2 Å². The fourth-order valence-corrected chi connectivity index (χ4v) is 4.21. The highest BCUT2D eigenvalue weighted by Crippen LogP contribution is 2.43. The van der Waals surface area contributed by atoms with E-state index in [-0.39, 0.29) is 17.9 Å². The summed E-state index contributed by atoms with van der Waals surface area (Å²) in [5.74, 6) is 1.51. The van der Waals surface area contributed by atoms with E-state index in [9.17, 15) is 10.2 Å². The summed E-state index contributed by atoms with van der Waals surface area (Å²) in [5.41, 5.74) is 2.54. The number of nitrogens with one attached hydrogen (secondary N) is 1. The van der Waals surface area contributed by atoms with Crippen LogP contribution in [0.15, 0.2) is 36.7 Å². The van der Waals surface area contributed by atoms with E-state index in [0.717, 1.165) is 30.0 Å². The molecule has 0 saturated heterocycles. The summed E-state index contributed by atoms with van der Waals surface area (Å²) in [7, 11) is 0. The number of aromatic nitrogens is 3. The number of anilines is 1. The molecule has 2 aromatic heterocycles. The average molecular weight is 376 g/mol. The molecule has 2 aliphatic carbocycles. The Hall–Kier alpha value is -2.73. The van der Waals surface area contributed by atoms with Crippen molar-refractivity contribution in [3.63, 3.8) is 0 Å². The van der Waals surface area contributed by atoms with Gasteiger partial charge in [-0.3, -0.25) is 4.98 Å². The van der Waals surface area contributed by atoms with Crippen LogP contribution in [0.5, 0.6) is 5.75 Å². The highest BCUT2D eigenvalue weighted by Gasteiger charge is 2.25. The number of fused-ring (bicyclic) bond motifs is 1. The molecule has 6 nitrogen and oxygen atoms in total. The molecule has 0 amide bonds. The van der Waals surface area contributed by atoms with E-state index in [2.05, 4.69) is 26.6 Å². The number of hydrogen-bond donors (Lipinski definition) is 3. The van der Waals surface area contributed by atoms with Gasteiger partial charge < -0.3 is 15.5 Å². The van der Waals surface area contributed by atoms with Crippen molar-refractivity contribution >= 4 is 16.6 Å². The number of hydrogen-bond acceptors (Lipinski definition) is 6. The molecule has 2 heterocycles. The normalized spacial score (nSPS) is 22.3. The minimum absolute atomic E-state index is 0.179. The van der Waals surface area contributed by atoms with Gasteiger partial charge >= 0.3 is 0 Å². The van der Waals surface area contributed by atoms with Gasteiger partial charge in [-0.15, -0.1) is 10.2 Å². The Balaban J connectivity index is 1.53. The highest BCUT2D eigenvalue weighted by molar-refractivity contribution is 6.00. The second-order valence-electron chi connectivity index (χ2n) is 8.03. The molecule has 5 rings (SSSR count). The molecule has 3 aromatic rings. The van der Waals surface area contributed by atoms with Gasteiger partial charge in [-0.2, -0.15) is 0 Å². The van der Waals surface area contributed by atoms with Crippen LogP contribution >= 0.6 is 0 Å². The standard InChI is InChI=1S/C22H24N4O2/c27-16-3-1-2-15(11-16)24-22-19-12-23-9-8-17(19)21(25-26-22)18-7-6-14(10-20(18)28)13-4-5-13/h6-10,12-13,15-16,27-28H,1-5,11H2,(H,24,26)/t15-,16+/m0/s1. The Bertz CT molecular complexity index is 1020. The summed E-state index contributed by atoms with van der Waals surface area (Å²) in [4.78, 5) is 4.26. The van der Waals surface area contributed by atoms with Crippen LogP contribution in [-0.4, -0.2) is 37.5 Å². The van der Waals surface area contributed by atoms with E-state index in [1.54, 1.807) is 12.4 Å². The van der Waals surface area contributed by atoms with Crippen molar-refractivity contribution in [2.24, 2.45) is 0 Å². The zero-order chi connectivity index (χ0) is 19.1. The van der Waals surface area contributed by atoms with Crippen LogP contribution in [0.3, 0.4) is 0 Å². The van der Waals surface area contributed by atoms with Crippen LogP contribution in [0, 0.1) is 0 Å². The molecule has 3 N–H and O–H groups in total. The Morgan fingerprint density at radius 2 is 1.89 bits per heavy atom. The van der Waals surface area contributed by atoms with Crippen molar-refractivity contribution < 1.29 is 10.2 Å². The maximum absolute atomic E-state index is 10.6. The van der Waals surface area contributed by atoms with Gasteiger partial charge in [-0.25, -0.2) is 0 Å². The average Bonchev–Trinajstić information content (AvgIpc) is 3.54. The Morgan fingerprint density at radius 3 is 2.68 bits per heavy atom.